The second-order valence-electron chi connectivity index (χ2n) is 0.250. The van der Waals surface area contributed by atoms with Crippen LogP contribution in [0.3, 0.4) is 0 Å². The molecule has 11 heteroatoms. The van der Waals surface area contributed by atoms with Crippen LogP contribution in [0.4, 0.5) is 4.79 Å². The van der Waals surface area contributed by atoms with Gasteiger partial charge in [-0.1, -0.05) is 0 Å². The predicted octanol–water partition coefficient (Wildman–Crippen LogP) is -6.58. The Labute approximate surface area is 107 Å². The second-order valence-corrected chi connectivity index (χ2v) is 0.250. The van der Waals surface area contributed by atoms with Gasteiger partial charge in [0.05, 0.1) is 0 Å². The van der Waals surface area contributed by atoms with Crippen molar-refractivity contribution < 1.29 is 101 Å². The zero-order valence-corrected chi connectivity index (χ0v) is 15.2. The van der Waals surface area contributed by atoms with Gasteiger partial charge in [-0.05, 0) is 6.16 Å². The van der Waals surface area contributed by atoms with Crippen molar-refractivity contribution in [3.63, 3.8) is 0 Å². The van der Waals surface area contributed by atoms with E-state index < -0.39 is 6.16 Å². The first-order valence-electron chi connectivity index (χ1n) is 0.612. The molecule has 0 aliphatic rings. The Morgan fingerprint density at radius 1 is 0.750 bits per heavy atom. The summed E-state index contributed by atoms with van der Waals surface area (Å²) in [6, 6.07) is 0. The summed E-state index contributed by atoms with van der Waals surface area (Å²) in [6.07, 6.45) is -2.33. The molecular weight excluding hydrogens is 336 g/mol. The fraction of sp³-hybridized carbons (Fsp3) is 0. The summed E-state index contributed by atoms with van der Waals surface area (Å²) in [5.74, 6) is 0. The van der Waals surface area contributed by atoms with E-state index in [1.54, 1.807) is 0 Å². The van der Waals surface area contributed by atoms with Gasteiger partial charge in [0.25, 0.3) is 0 Å². The van der Waals surface area contributed by atoms with Gasteiger partial charge in [-0.3, -0.25) is 0 Å². The van der Waals surface area contributed by atoms with Gasteiger partial charge in [-0.2, -0.15) is 0 Å². The van der Waals surface area contributed by atoms with E-state index in [1.807, 2.05) is 0 Å². The number of carboxylic acid groups (broad SMARTS) is 2. The van der Waals surface area contributed by atoms with E-state index in [2.05, 4.69) is 0 Å². The fourth-order valence-electron chi connectivity index (χ4n) is 0. The number of hydrogen-bond donors (Lipinski definition) is 0. The zero-order chi connectivity index (χ0) is 3.58. The van der Waals surface area contributed by atoms with Crippen LogP contribution >= 0.6 is 0 Å². The van der Waals surface area contributed by atoms with E-state index in [-0.39, 0.29) is 85.8 Å². The first kappa shape index (κ1) is 119. The van der Waals surface area contributed by atoms with Crippen LogP contribution in [0, 0.1) is 0 Å². The van der Waals surface area contributed by atoms with Gasteiger partial charge in [-0.25, -0.2) is 0 Å². The zero-order valence-electron chi connectivity index (χ0n) is 6.35. The van der Waals surface area contributed by atoms with Crippen molar-refractivity contribution in [3.8, 4) is 0 Å². The third-order valence-electron chi connectivity index (χ3n) is 0. The van der Waals surface area contributed by atoms with E-state index >= 15 is 0 Å². The molecule has 0 saturated carbocycles. The molecule has 0 aromatic heterocycles. The van der Waals surface area contributed by atoms with E-state index in [0.29, 0.717) is 0 Å². The molecule has 0 bridgehead atoms. The van der Waals surface area contributed by atoms with Crippen LogP contribution in [0.25, 0.3) is 0 Å². The monoisotopic (exact) mass is 342 g/mol. The average Bonchev–Trinajstić information content (AvgIpc) is 0.811. The first-order chi connectivity index (χ1) is 1.73. The largest absolute Gasteiger partial charge is 2.00 e. The van der Waals surface area contributed by atoms with Crippen molar-refractivity contribution in [2.45, 2.75) is 0 Å². The second kappa shape index (κ2) is 92.1. The molecule has 68 valence electrons. The molecule has 0 radical (unpaired) electrons. The molecule has 0 fully saturated rings. The van der Waals surface area contributed by atoms with Crippen molar-refractivity contribution in [1.29, 1.82) is 0 Å². The summed E-state index contributed by atoms with van der Waals surface area (Å²) in [6.45, 7) is 0. The third-order valence-corrected chi connectivity index (χ3v) is 0. The number of carbonyl (C=O) groups is 1. The molecule has 0 aliphatic heterocycles. The summed E-state index contributed by atoms with van der Waals surface area (Å²) in [4.78, 5) is 8.33. The molecular formula is CH10O8Zn3. The molecule has 0 unspecified atom stereocenters. The molecule has 0 rings (SSSR count). The Hall–Kier alpha value is 0.940. The summed E-state index contributed by atoms with van der Waals surface area (Å²) < 4.78 is 0. The van der Waals surface area contributed by atoms with Crippen molar-refractivity contribution in [1.82, 2.24) is 0 Å². The molecule has 0 heterocycles. The summed E-state index contributed by atoms with van der Waals surface area (Å²) >= 11 is 0. The molecule has 0 spiro atoms. The maximum Gasteiger partial charge on any atom is 2.00 e. The van der Waals surface area contributed by atoms with Crippen LogP contribution in [0.15, 0.2) is 0 Å². The number of hydrogen-bond acceptors (Lipinski definition) is 3. The molecule has 0 amide bonds. The van der Waals surface area contributed by atoms with Crippen LogP contribution in [-0.4, -0.2) is 33.5 Å². The molecule has 0 atom stereocenters. The Bertz CT molecular complexity index is 37.3. The predicted molar refractivity (Wildman–Crippen MR) is 23.5 cm³/mol. The number of carbonyl (C=O) groups excluding carboxylic acids is 1. The fourth-order valence-corrected chi connectivity index (χ4v) is 0. The van der Waals surface area contributed by atoms with Crippen molar-refractivity contribution in [2.24, 2.45) is 0 Å². The van der Waals surface area contributed by atoms with Gasteiger partial charge in [0.2, 0.25) is 0 Å². The molecule has 10 N–H and O–H groups in total. The maximum absolute atomic E-state index is 8.33. The standard InChI is InChI=1S/CH2O3.5H2O.3Zn/c2-1(3)4;;;;;;;;/h(H2,2,3,4);5*1H2;;;/q;;;;;;;;+2/p-2. The van der Waals surface area contributed by atoms with E-state index in [1.165, 1.54) is 0 Å². The molecule has 0 aromatic rings. The van der Waals surface area contributed by atoms with Gasteiger partial charge in [0, 0.05) is 39.0 Å². The smallest absolute Gasteiger partial charge is 0.652 e. The van der Waals surface area contributed by atoms with Crippen LogP contribution in [-0.2, 0) is 58.4 Å². The normalized spacial score (nSPS) is 2.00. The van der Waals surface area contributed by atoms with Crippen LogP contribution in [0.2, 0.25) is 0 Å². The third kappa shape index (κ3) is 1220. The van der Waals surface area contributed by atoms with Crippen LogP contribution < -0.4 is 10.2 Å². The van der Waals surface area contributed by atoms with Gasteiger partial charge in [0.1, 0.15) is 0 Å². The van der Waals surface area contributed by atoms with E-state index in [4.69, 9.17) is 15.0 Å². The Morgan fingerprint density at radius 2 is 0.750 bits per heavy atom. The first-order valence-corrected chi connectivity index (χ1v) is 0.612. The molecule has 0 aliphatic carbocycles. The Kier molecular flexibility index (Phi) is 912. The Morgan fingerprint density at radius 3 is 0.750 bits per heavy atom. The van der Waals surface area contributed by atoms with Crippen LogP contribution in [0.5, 0.6) is 0 Å². The van der Waals surface area contributed by atoms with Gasteiger partial charge in [0.15, 0.2) is 0 Å². The minimum atomic E-state index is -2.33. The van der Waals surface area contributed by atoms with Crippen molar-refractivity contribution >= 4 is 6.16 Å². The summed E-state index contributed by atoms with van der Waals surface area (Å²) in [5.41, 5.74) is 0. The van der Waals surface area contributed by atoms with Crippen molar-refractivity contribution in [2.75, 3.05) is 0 Å². The summed E-state index contributed by atoms with van der Waals surface area (Å²) in [7, 11) is 0. The maximum atomic E-state index is 8.33. The quantitative estimate of drug-likeness (QED) is 0.390. The molecule has 0 saturated heterocycles. The van der Waals surface area contributed by atoms with Crippen LogP contribution in [0.1, 0.15) is 0 Å². The SMILES string of the molecule is O.O.O.O.O.O=C([O-])[O-].[Zn+2].[Zn].[Zn]. The number of rotatable bonds is 0. The minimum absolute atomic E-state index is 0. The van der Waals surface area contributed by atoms with Gasteiger partial charge >= 0.3 is 19.5 Å². The summed E-state index contributed by atoms with van der Waals surface area (Å²) in [5, 5.41) is 16.7. The van der Waals surface area contributed by atoms with E-state index in [0.717, 1.165) is 0 Å². The topological polar surface area (TPSA) is 221 Å². The van der Waals surface area contributed by atoms with E-state index in [9.17, 15) is 0 Å². The minimum Gasteiger partial charge on any atom is -0.652 e. The molecule has 12 heavy (non-hydrogen) atoms. The Balaban J connectivity index is -0.00000000161. The van der Waals surface area contributed by atoms with Crippen molar-refractivity contribution in [3.05, 3.63) is 0 Å². The van der Waals surface area contributed by atoms with Gasteiger partial charge in [-0.15, -0.1) is 0 Å². The molecule has 0 aromatic carbocycles. The average molecular weight is 346 g/mol. The van der Waals surface area contributed by atoms with Gasteiger partial charge < -0.3 is 42.4 Å². The molecule has 8 nitrogen and oxygen atoms in total.